The predicted octanol–water partition coefficient (Wildman–Crippen LogP) is 4.48. The van der Waals surface area contributed by atoms with Gasteiger partial charge in [0, 0.05) is 0 Å². The van der Waals surface area contributed by atoms with Crippen LogP contribution >= 0.6 is 23.2 Å². The highest BCUT2D eigenvalue weighted by atomic mass is 35.5. The van der Waals surface area contributed by atoms with Gasteiger partial charge in [0.15, 0.2) is 0 Å². The summed E-state index contributed by atoms with van der Waals surface area (Å²) in [5.41, 5.74) is 7.91. The van der Waals surface area contributed by atoms with Crippen molar-refractivity contribution in [3.63, 3.8) is 0 Å². The standard InChI is InChI=1S/C9H10Cl2N2/c1-2-9(13-12)6-3-4-7(10)8(11)5-6/h3-5,9,12H,2H2,1H3/t9-/m1/s1. The zero-order valence-corrected chi connectivity index (χ0v) is 8.73. The molecule has 2 nitrogen and oxygen atoms in total. The van der Waals surface area contributed by atoms with E-state index in [4.69, 9.17) is 28.7 Å². The molecule has 0 fully saturated rings. The molecule has 0 unspecified atom stereocenters. The van der Waals surface area contributed by atoms with Gasteiger partial charge < -0.3 is 0 Å². The van der Waals surface area contributed by atoms with Crippen molar-refractivity contribution >= 4 is 23.2 Å². The fourth-order valence-electron chi connectivity index (χ4n) is 1.12. The van der Waals surface area contributed by atoms with Crippen LogP contribution in [0.4, 0.5) is 0 Å². The van der Waals surface area contributed by atoms with Gasteiger partial charge in [0.25, 0.3) is 0 Å². The van der Waals surface area contributed by atoms with Crippen LogP contribution in [0.3, 0.4) is 0 Å². The number of hydrogen-bond acceptors (Lipinski definition) is 2. The molecule has 13 heavy (non-hydrogen) atoms. The average molecular weight is 217 g/mol. The van der Waals surface area contributed by atoms with Crippen LogP contribution in [0.5, 0.6) is 0 Å². The zero-order valence-electron chi connectivity index (χ0n) is 7.22. The molecule has 0 aromatic heterocycles. The Morgan fingerprint density at radius 2 is 2.08 bits per heavy atom. The Morgan fingerprint density at radius 3 is 2.54 bits per heavy atom. The summed E-state index contributed by atoms with van der Waals surface area (Å²) in [7, 11) is 0. The minimum Gasteiger partial charge on any atom is -0.209 e. The predicted molar refractivity (Wildman–Crippen MR) is 54.6 cm³/mol. The lowest BCUT2D eigenvalue weighted by molar-refractivity contribution is 0.645. The highest BCUT2D eigenvalue weighted by Crippen LogP contribution is 2.28. The summed E-state index contributed by atoms with van der Waals surface area (Å²) < 4.78 is 0. The lowest BCUT2D eigenvalue weighted by Crippen LogP contribution is -1.91. The Labute approximate surface area is 87.4 Å². The molecular weight excluding hydrogens is 207 g/mol. The molecular formula is C9H10Cl2N2. The van der Waals surface area contributed by atoms with Gasteiger partial charge in [0.2, 0.25) is 0 Å². The van der Waals surface area contributed by atoms with E-state index in [2.05, 4.69) is 5.11 Å². The second-order valence-corrected chi connectivity index (χ2v) is 3.54. The molecule has 1 aromatic carbocycles. The van der Waals surface area contributed by atoms with E-state index in [0.29, 0.717) is 10.0 Å². The van der Waals surface area contributed by atoms with Gasteiger partial charge in [0.05, 0.1) is 16.1 Å². The molecule has 0 amide bonds. The molecule has 1 rings (SSSR count). The van der Waals surface area contributed by atoms with E-state index in [1.54, 1.807) is 12.1 Å². The fraction of sp³-hybridized carbons (Fsp3) is 0.333. The fourth-order valence-corrected chi connectivity index (χ4v) is 1.43. The van der Waals surface area contributed by atoms with Crippen LogP contribution in [-0.2, 0) is 0 Å². The van der Waals surface area contributed by atoms with Crippen LogP contribution in [0.15, 0.2) is 23.3 Å². The van der Waals surface area contributed by atoms with Crippen LogP contribution in [0, 0.1) is 5.53 Å². The Balaban J connectivity index is 3.01. The Hall–Kier alpha value is -0.600. The van der Waals surface area contributed by atoms with Crippen molar-refractivity contribution in [1.29, 1.82) is 5.53 Å². The van der Waals surface area contributed by atoms with E-state index in [0.717, 1.165) is 12.0 Å². The molecule has 1 aromatic rings. The van der Waals surface area contributed by atoms with Crippen LogP contribution in [0.1, 0.15) is 24.9 Å². The maximum atomic E-state index is 6.97. The lowest BCUT2D eigenvalue weighted by Gasteiger charge is -2.08. The number of benzene rings is 1. The Morgan fingerprint density at radius 1 is 1.38 bits per heavy atom. The van der Waals surface area contributed by atoms with E-state index < -0.39 is 0 Å². The van der Waals surface area contributed by atoms with Gasteiger partial charge in [-0.15, -0.1) is 0 Å². The summed E-state index contributed by atoms with van der Waals surface area (Å²) >= 11 is 11.6. The third-order valence-electron chi connectivity index (χ3n) is 1.87. The van der Waals surface area contributed by atoms with E-state index in [1.807, 2.05) is 13.0 Å². The van der Waals surface area contributed by atoms with Gasteiger partial charge in [-0.3, -0.25) is 0 Å². The first kappa shape index (κ1) is 10.5. The summed E-state index contributed by atoms with van der Waals surface area (Å²) in [4.78, 5) is 0. The summed E-state index contributed by atoms with van der Waals surface area (Å²) in [6, 6.07) is 5.23. The number of nitrogens with zero attached hydrogens (tertiary/aromatic N) is 1. The number of hydrogen-bond donors (Lipinski definition) is 1. The van der Waals surface area contributed by atoms with Crippen molar-refractivity contribution in [3.05, 3.63) is 33.8 Å². The second-order valence-electron chi connectivity index (χ2n) is 2.73. The maximum Gasteiger partial charge on any atom is 0.0953 e. The molecule has 1 atom stereocenters. The normalized spacial score (nSPS) is 12.5. The highest BCUT2D eigenvalue weighted by molar-refractivity contribution is 6.42. The Bertz CT molecular complexity index is 312. The molecule has 0 aliphatic heterocycles. The van der Waals surface area contributed by atoms with Gasteiger partial charge in [-0.2, -0.15) is 5.11 Å². The number of rotatable bonds is 3. The number of halogens is 2. The first-order valence-electron chi connectivity index (χ1n) is 4.00. The lowest BCUT2D eigenvalue weighted by atomic mass is 10.1. The molecule has 0 aliphatic carbocycles. The molecule has 0 heterocycles. The van der Waals surface area contributed by atoms with Crippen molar-refractivity contribution in [2.24, 2.45) is 5.11 Å². The quantitative estimate of drug-likeness (QED) is 0.725. The van der Waals surface area contributed by atoms with Gasteiger partial charge in [-0.05, 0) is 24.1 Å². The monoisotopic (exact) mass is 216 g/mol. The first-order valence-corrected chi connectivity index (χ1v) is 4.76. The van der Waals surface area contributed by atoms with Crippen molar-refractivity contribution < 1.29 is 0 Å². The van der Waals surface area contributed by atoms with Crippen molar-refractivity contribution in [2.45, 2.75) is 19.4 Å². The van der Waals surface area contributed by atoms with Crippen molar-refractivity contribution in [2.75, 3.05) is 0 Å². The van der Waals surface area contributed by atoms with Crippen molar-refractivity contribution in [3.8, 4) is 0 Å². The van der Waals surface area contributed by atoms with E-state index in [9.17, 15) is 0 Å². The molecule has 0 aliphatic rings. The van der Waals surface area contributed by atoms with Crippen LogP contribution < -0.4 is 0 Å². The molecule has 0 saturated heterocycles. The van der Waals surface area contributed by atoms with Crippen LogP contribution in [0.2, 0.25) is 10.0 Å². The summed E-state index contributed by atoms with van der Waals surface area (Å²) in [5.74, 6) is 0. The second kappa shape index (κ2) is 4.58. The minimum atomic E-state index is -0.102. The first-order chi connectivity index (χ1) is 6.19. The molecule has 0 spiro atoms. The summed E-state index contributed by atoms with van der Waals surface area (Å²) in [6.07, 6.45) is 0.793. The van der Waals surface area contributed by atoms with E-state index in [1.165, 1.54) is 0 Å². The smallest absolute Gasteiger partial charge is 0.0953 e. The van der Waals surface area contributed by atoms with Gasteiger partial charge in [-0.25, -0.2) is 5.53 Å². The van der Waals surface area contributed by atoms with E-state index in [-0.39, 0.29) is 6.04 Å². The Kier molecular flexibility index (Phi) is 3.70. The van der Waals surface area contributed by atoms with Crippen LogP contribution in [-0.4, -0.2) is 0 Å². The summed E-state index contributed by atoms with van der Waals surface area (Å²) in [5, 5.41) is 4.54. The molecule has 1 N–H and O–H groups in total. The maximum absolute atomic E-state index is 6.97. The van der Waals surface area contributed by atoms with Gasteiger partial charge >= 0.3 is 0 Å². The highest BCUT2D eigenvalue weighted by Gasteiger charge is 2.08. The van der Waals surface area contributed by atoms with Crippen molar-refractivity contribution in [1.82, 2.24) is 0 Å². The zero-order chi connectivity index (χ0) is 9.84. The third-order valence-corrected chi connectivity index (χ3v) is 2.61. The molecule has 0 radical (unpaired) electrons. The minimum absolute atomic E-state index is 0.102. The molecule has 0 saturated carbocycles. The molecule has 4 heteroatoms. The van der Waals surface area contributed by atoms with Gasteiger partial charge in [0.1, 0.15) is 0 Å². The largest absolute Gasteiger partial charge is 0.209 e. The molecule has 0 bridgehead atoms. The van der Waals surface area contributed by atoms with Crippen LogP contribution in [0.25, 0.3) is 0 Å². The third kappa shape index (κ3) is 2.42. The topological polar surface area (TPSA) is 36.2 Å². The molecule has 70 valence electrons. The van der Waals surface area contributed by atoms with E-state index >= 15 is 0 Å². The SMILES string of the molecule is CC[C@@H](N=N)c1ccc(Cl)c(Cl)c1. The average Bonchev–Trinajstić information content (AvgIpc) is 2.13. The summed E-state index contributed by atoms with van der Waals surface area (Å²) in [6.45, 7) is 1.98. The number of nitrogens with one attached hydrogen (secondary N) is 1. The van der Waals surface area contributed by atoms with Gasteiger partial charge in [-0.1, -0.05) is 36.2 Å².